The van der Waals surface area contributed by atoms with Crippen molar-refractivity contribution in [2.75, 3.05) is 13.7 Å². The lowest BCUT2D eigenvalue weighted by Crippen LogP contribution is -2.09. The first-order valence-corrected chi connectivity index (χ1v) is 11.8. The first-order valence-electron chi connectivity index (χ1n) is 9.77. The van der Waals surface area contributed by atoms with Crippen molar-refractivity contribution in [3.8, 4) is 16.2 Å². The molecular formula is C23H18Cl2N2O5S2. The number of benzene rings is 2. The van der Waals surface area contributed by atoms with Gasteiger partial charge >= 0.3 is 5.97 Å². The smallest absolute Gasteiger partial charge is 0.344 e. The van der Waals surface area contributed by atoms with Crippen molar-refractivity contribution in [2.24, 2.45) is 4.99 Å². The van der Waals surface area contributed by atoms with E-state index in [1.807, 2.05) is 0 Å². The first kappa shape index (κ1) is 25.8. The molecule has 0 aliphatic heterocycles. The summed E-state index contributed by atoms with van der Waals surface area (Å²) in [5, 5.41) is 24.7. The lowest BCUT2D eigenvalue weighted by Gasteiger charge is -2.06. The molecular weight excluding hydrogens is 519 g/mol. The number of rotatable bonds is 8. The minimum absolute atomic E-state index is 0.0876. The summed E-state index contributed by atoms with van der Waals surface area (Å²) in [5.74, 6) is -0.693. The third kappa shape index (κ3) is 5.79. The van der Waals surface area contributed by atoms with Gasteiger partial charge in [0.1, 0.15) is 11.3 Å². The Balaban J connectivity index is 1.74. The molecule has 0 radical (unpaired) electrons. The molecule has 0 amide bonds. The molecule has 0 fully saturated rings. The summed E-state index contributed by atoms with van der Waals surface area (Å²) in [6, 6.07) is 9.38. The summed E-state index contributed by atoms with van der Waals surface area (Å²) < 4.78 is 4.59. The van der Waals surface area contributed by atoms with E-state index in [-0.39, 0.29) is 30.0 Å². The Hall–Kier alpha value is -2.85. The van der Waals surface area contributed by atoms with Gasteiger partial charge in [0.2, 0.25) is 0 Å². The number of nitrogens with zero attached hydrogens (tertiary/aromatic N) is 2. The number of esters is 1. The van der Waals surface area contributed by atoms with Crippen LogP contribution in [0.4, 0.5) is 5.69 Å². The highest BCUT2D eigenvalue weighted by Crippen LogP contribution is 2.40. The van der Waals surface area contributed by atoms with E-state index in [9.17, 15) is 20.0 Å². The van der Waals surface area contributed by atoms with Crippen molar-refractivity contribution in [3.63, 3.8) is 0 Å². The molecule has 0 aliphatic carbocycles. The van der Waals surface area contributed by atoms with Gasteiger partial charge in [0.15, 0.2) is 0 Å². The number of thiophene rings is 1. The fourth-order valence-corrected chi connectivity index (χ4v) is 4.68. The monoisotopic (exact) mass is 536 g/mol. The summed E-state index contributed by atoms with van der Waals surface area (Å²) in [6.45, 7) is 1.95. The SMILES string of the molecule is COC(=O)c1ccc(CC(=S)CN=C(C)c2csc(-c3ccc(Cl)c(Cl)c3)c2O)cc1[N+](=O)[O-]. The van der Waals surface area contributed by atoms with E-state index < -0.39 is 10.9 Å². The van der Waals surface area contributed by atoms with E-state index >= 15 is 0 Å². The number of ether oxygens (including phenoxy) is 1. The maximum atomic E-state index is 11.7. The van der Waals surface area contributed by atoms with Crippen LogP contribution in [0.1, 0.15) is 28.4 Å². The summed E-state index contributed by atoms with van der Waals surface area (Å²) in [4.78, 5) is 28.1. The predicted molar refractivity (Wildman–Crippen MR) is 139 cm³/mol. The van der Waals surface area contributed by atoms with Gasteiger partial charge in [-0.05, 0) is 36.2 Å². The number of nitro groups is 1. The van der Waals surface area contributed by atoms with E-state index in [0.29, 0.717) is 36.6 Å². The predicted octanol–water partition coefficient (Wildman–Crippen LogP) is 6.54. The fourth-order valence-electron chi connectivity index (χ4n) is 3.15. The summed E-state index contributed by atoms with van der Waals surface area (Å²) in [6.07, 6.45) is 0.262. The number of aromatic hydroxyl groups is 1. The Morgan fingerprint density at radius 2 is 1.94 bits per heavy atom. The van der Waals surface area contributed by atoms with Gasteiger partial charge in [0, 0.05) is 34.0 Å². The average molecular weight is 537 g/mol. The highest BCUT2D eigenvalue weighted by Gasteiger charge is 2.21. The molecule has 0 bridgehead atoms. The third-order valence-corrected chi connectivity index (χ3v) is 6.93. The van der Waals surface area contributed by atoms with E-state index in [0.717, 1.165) is 12.7 Å². The van der Waals surface area contributed by atoms with Gasteiger partial charge < -0.3 is 9.84 Å². The number of thiocarbonyl (C=S) groups is 1. The van der Waals surface area contributed by atoms with Crippen LogP contribution in [0.5, 0.6) is 5.75 Å². The molecule has 0 saturated heterocycles. The van der Waals surface area contributed by atoms with Gasteiger partial charge in [-0.1, -0.05) is 47.6 Å². The number of hydrogen-bond acceptors (Lipinski definition) is 8. The molecule has 0 aliphatic rings. The van der Waals surface area contributed by atoms with Gasteiger partial charge in [-0.3, -0.25) is 15.1 Å². The minimum Gasteiger partial charge on any atom is -0.506 e. The zero-order valence-corrected chi connectivity index (χ0v) is 21.1. The zero-order chi connectivity index (χ0) is 25.0. The Kier molecular flexibility index (Phi) is 8.37. The highest BCUT2D eigenvalue weighted by molar-refractivity contribution is 7.80. The third-order valence-electron chi connectivity index (χ3n) is 4.89. The largest absolute Gasteiger partial charge is 0.506 e. The fraction of sp³-hybridized carbons (Fsp3) is 0.174. The van der Waals surface area contributed by atoms with Crippen LogP contribution in [0.15, 0.2) is 46.8 Å². The maximum Gasteiger partial charge on any atom is 0.344 e. The molecule has 0 spiro atoms. The van der Waals surface area contributed by atoms with E-state index in [1.165, 1.54) is 23.5 Å². The molecule has 7 nitrogen and oxygen atoms in total. The van der Waals surface area contributed by atoms with E-state index in [2.05, 4.69) is 9.73 Å². The van der Waals surface area contributed by atoms with Gasteiger partial charge in [0.05, 0.1) is 33.5 Å². The normalized spacial score (nSPS) is 11.4. The highest BCUT2D eigenvalue weighted by atomic mass is 35.5. The van der Waals surface area contributed by atoms with Crippen LogP contribution < -0.4 is 0 Å². The van der Waals surface area contributed by atoms with Gasteiger partial charge in [-0.25, -0.2) is 4.79 Å². The second-order valence-electron chi connectivity index (χ2n) is 7.17. The molecule has 1 heterocycles. The molecule has 0 atom stereocenters. The van der Waals surface area contributed by atoms with Crippen molar-refractivity contribution in [1.29, 1.82) is 0 Å². The summed E-state index contributed by atoms with van der Waals surface area (Å²) in [5.41, 5.74) is 2.02. The molecule has 176 valence electrons. The molecule has 0 unspecified atom stereocenters. The number of carbonyl (C=O) groups excluding carboxylic acids is 1. The van der Waals surface area contributed by atoms with Gasteiger partial charge in [-0.2, -0.15) is 0 Å². The molecule has 11 heteroatoms. The Bertz CT molecular complexity index is 1320. The molecule has 3 aromatic rings. The van der Waals surface area contributed by atoms with Crippen LogP contribution in [0.3, 0.4) is 0 Å². The average Bonchev–Trinajstić information content (AvgIpc) is 3.20. The lowest BCUT2D eigenvalue weighted by atomic mass is 10.0. The van der Waals surface area contributed by atoms with Gasteiger partial charge in [0.25, 0.3) is 5.69 Å². The van der Waals surface area contributed by atoms with Crippen LogP contribution in [0.25, 0.3) is 10.4 Å². The number of aliphatic imine (C=N–C) groups is 1. The van der Waals surface area contributed by atoms with Crippen LogP contribution in [-0.4, -0.2) is 40.2 Å². The van der Waals surface area contributed by atoms with E-state index in [1.54, 1.807) is 36.6 Å². The first-order chi connectivity index (χ1) is 16.1. The zero-order valence-electron chi connectivity index (χ0n) is 18.0. The van der Waals surface area contributed by atoms with Crippen molar-refractivity contribution in [3.05, 3.63) is 78.6 Å². The molecule has 34 heavy (non-hydrogen) atoms. The van der Waals surface area contributed by atoms with Crippen molar-refractivity contribution >= 4 is 69.0 Å². The summed E-state index contributed by atoms with van der Waals surface area (Å²) >= 11 is 18.8. The van der Waals surface area contributed by atoms with E-state index in [4.69, 9.17) is 35.4 Å². The molecule has 3 rings (SSSR count). The molecule has 1 aromatic heterocycles. The lowest BCUT2D eigenvalue weighted by molar-refractivity contribution is -0.385. The number of methoxy groups -OCH3 is 1. The molecule has 2 aromatic carbocycles. The minimum atomic E-state index is -0.781. The molecule has 1 N–H and O–H groups in total. The van der Waals surface area contributed by atoms with Crippen molar-refractivity contribution in [1.82, 2.24) is 0 Å². The van der Waals surface area contributed by atoms with Crippen LogP contribution in [-0.2, 0) is 11.2 Å². The number of carbonyl (C=O) groups is 1. The topological polar surface area (TPSA) is 102 Å². The van der Waals surface area contributed by atoms with Crippen LogP contribution in [0, 0.1) is 10.1 Å². The van der Waals surface area contributed by atoms with Gasteiger partial charge in [-0.15, -0.1) is 11.3 Å². The second kappa shape index (κ2) is 11.1. The summed E-state index contributed by atoms with van der Waals surface area (Å²) in [7, 11) is 1.16. The molecule has 0 saturated carbocycles. The van der Waals surface area contributed by atoms with Crippen molar-refractivity contribution < 1.29 is 19.6 Å². The Morgan fingerprint density at radius 3 is 2.59 bits per heavy atom. The van der Waals surface area contributed by atoms with Crippen LogP contribution >= 0.6 is 46.8 Å². The Morgan fingerprint density at radius 1 is 1.21 bits per heavy atom. The number of hydrogen-bond donors (Lipinski definition) is 1. The maximum absolute atomic E-state index is 11.7. The number of halogens is 2. The number of nitro benzene ring substituents is 1. The quantitative estimate of drug-likeness (QED) is 0.115. The van der Waals surface area contributed by atoms with Crippen molar-refractivity contribution in [2.45, 2.75) is 13.3 Å². The van der Waals surface area contributed by atoms with Crippen LogP contribution in [0.2, 0.25) is 10.0 Å². The standard InChI is InChI=1S/C23H18Cl2N2O5S2/c1-12(17-11-34-22(21(17)28)14-4-6-18(24)19(25)9-14)26-10-15(33)7-13-3-5-16(23(29)32-2)20(8-13)27(30)31/h3-6,8-9,11,28H,7,10H2,1-2H3. The second-order valence-corrected chi connectivity index (χ2v) is 9.44. The Labute approximate surface area is 214 Å².